The Morgan fingerprint density at radius 2 is 2.36 bits per heavy atom. The number of hydrogen-bond donors (Lipinski definition) is 0. The minimum absolute atomic E-state index is 0. The maximum absolute atomic E-state index is 10.6. The summed E-state index contributed by atoms with van der Waals surface area (Å²) < 4.78 is 15.0. The Balaban J connectivity index is -0.000000405. The second-order valence-electron chi connectivity index (χ2n) is 1.40. The van der Waals surface area contributed by atoms with E-state index in [-0.39, 0.29) is 31.0 Å². The van der Waals surface area contributed by atoms with Crippen molar-refractivity contribution in [2.45, 2.75) is 6.92 Å². The Morgan fingerprint density at radius 3 is 2.82 bits per heavy atom. The van der Waals surface area contributed by atoms with Gasteiger partial charge in [0, 0.05) is 0 Å². The first-order chi connectivity index (χ1) is 4.81. The van der Waals surface area contributed by atoms with Crippen molar-refractivity contribution in [3.63, 3.8) is 0 Å². The van der Waals surface area contributed by atoms with Crippen molar-refractivity contribution in [3.05, 3.63) is 0 Å². The molecule has 0 saturated carbocycles. The molecule has 1 atom stereocenters. The van der Waals surface area contributed by atoms with Gasteiger partial charge in [0.05, 0.1) is 13.3 Å². The van der Waals surface area contributed by atoms with Crippen molar-refractivity contribution < 1.29 is 44.9 Å². The third kappa shape index (κ3) is 10.5. The molecule has 0 aliphatic heterocycles. The van der Waals surface area contributed by atoms with Gasteiger partial charge in [0.2, 0.25) is 6.16 Å². The molecule has 11 heavy (non-hydrogen) atoms. The van der Waals surface area contributed by atoms with E-state index in [4.69, 9.17) is 0 Å². The molecule has 60 valence electrons. The summed E-state index contributed by atoms with van der Waals surface area (Å²) in [5, 5.41) is 3.49. The fourth-order valence-corrected chi connectivity index (χ4v) is 0.651. The fraction of sp³-hybridized carbons (Fsp3) is 0.800. The number of nitrogens with zero attached hydrogens (tertiary/aromatic N) is 1. The van der Waals surface area contributed by atoms with E-state index in [2.05, 4.69) is 14.5 Å². The predicted molar refractivity (Wildman–Crippen MR) is 40.7 cm³/mol. The molecule has 0 saturated heterocycles. The van der Waals surface area contributed by atoms with Gasteiger partial charge >= 0.3 is 37.6 Å². The molecule has 6 heteroatoms. The van der Waals surface area contributed by atoms with Crippen LogP contribution in [0.2, 0.25) is 0 Å². The van der Waals surface area contributed by atoms with Gasteiger partial charge in [-0.25, -0.2) is 0 Å². The first-order valence-electron chi connectivity index (χ1n) is 2.93. The Hall–Kier alpha value is 0.530. The molecule has 0 aromatic rings. The Kier molecular flexibility index (Phi) is 13.5. The van der Waals surface area contributed by atoms with E-state index in [1.165, 1.54) is 13.3 Å². The van der Waals surface area contributed by atoms with Gasteiger partial charge in [-0.2, -0.15) is 0 Å². The summed E-state index contributed by atoms with van der Waals surface area (Å²) in [5.41, 5.74) is 0. The van der Waals surface area contributed by atoms with E-state index >= 15 is 0 Å². The van der Waals surface area contributed by atoms with Crippen LogP contribution in [0.1, 0.15) is 8.35 Å². The summed E-state index contributed by atoms with van der Waals surface area (Å²) in [6.45, 7) is 2.36. The zero-order valence-corrected chi connectivity index (χ0v) is 10.0. The average Bonchev–Trinajstić information content (AvgIpc) is 1.98. The van der Waals surface area contributed by atoms with E-state index in [0.29, 0.717) is 12.8 Å². The van der Waals surface area contributed by atoms with Crippen molar-refractivity contribution in [2.75, 3.05) is 19.9 Å². The number of hydrogen-bond acceptors (Lipinski definition) is 4. The van der Waals surface area contributed by atoms with E-state index in [1.807, 2.05) is 6.92 Å². The molecule has 0 bridgehead atoms. The van der Waals surface area contributed by atoms with Gasteiger partial charge in [-0.05, 0) is 11.5 Å². The van der Waals surface area contributed by atoms with Crippen LogP contribution in [0.3, 0.4) is 0 Å². The monoisotopic (exact) mass is 188 g/mol. The molecule has 0 spiro atoms. The topological polar surface area (TPSA) is 47.9 Å². The molecular weight excluding hydrogens is 176 g/mol. The van der Waals surface area contributed by atoms with Crippen molar-refractivity contribution in [1.82, 2.24) is 0 Å². The molecule has 0 N–H and O–H groups in total. The van der Waals surface area contributed by atoms with Crippen LogP contribution >= 0.6 is 8.03 Å². The van der Waals surface area contributed by atoms with E-state index < -0.39 is 8.03 Å². The molecule has 4 nitrogen and oxygen atoms in total. The molecule has 0 aromatic carbocycles. The third-order valence-electron chi connectivity index (χ3n) is 0.713. The van der Waals surface area contributed by atoms with E-state index in [0.717, 1.165) is 0 Å². The molecule has 1 unspecified atom stereocenters. The molecule has 0 heterocycles. The predicted octanol–water partition coefficient (Wildman–Crippen LogP) is -1.49. The van der Waals surface area contributed by atoms with Crippen LogP contribution in [-0.2, 0) is 13.9 Å². The molecule has 0 amide bonds. The van der Waals surface area contributed by atoms with Crippen LogP contribution in [0.25, 0.3) is 0 Å². The SMILES string of the molecule is CCON=CC[P+](=O)OC.[H-].[Na+]. The smallest absolute Gasteiger partial charge is 1.00 e. The van der Waals surface area contributed by atoms with Gasteiger partial charge in [-0.1, -0.05) is 5.16 Å². The summed E-state index contributed by atoms with van der Waals surface area (Å²) in [4.78, 5) is 4.61. The summed E-state index contributed by atoms with van der Waals surface area (Å²) >= 11 is 0. The van der Waals surface area contributed by atoms with Crippen molar-refractivity contribution in [1.29, 1.82) is 0 Å². The van der Waals surface area contributed by atoms with Crippen molar-refractivity contribution in [2.24, 2.45) is 5.16 Å². The van der Waals surface area contributed by atoms with E-state index in [9.17, 15) is 4.57 Å². The average molecular weight is 188 g/mol. The second-order valence-corrected chi connectivity index (χ2v) is 2.80. The Morgan fingerprint density at radius 1 is 1.73 bits per heavy atom. The quantitative estimate of drug-likeness (QED) is 0.229. The number of rotatable bonds is 5. The number of oxime groups is 1. The van der Waals surface area contributed by atoms with E-state index in [1.54, 1.807) is 0 Å². The molecular formula is C5H12NNaO3P+. The minimum atomic E-state index is -1.57. The van der Waals surface area contributed by atoms with Crippen molar-refractivity contribution >= 4 is 14.2 Å². The third-order valence-corrected chi connectivity index (χ3v) is 1.58. The van der Waals surface area contributed by atoms with Crippen LogP contribution in [0, 0.1) is 0 Å². The summed E-state index contributed by atoms with van der Waals surface area (Å²) in [6.07, 6.45) is 1.75. The maximum atomic E-state index is 10.6. The first kappa shape index (κ1) is 14.1. The zero-order chi connectivity index (χ0) is 7.82. The maximum Gasteiger partial charge on any atom is 1.00 e. The van der Waals surface area contributed by atoms with Gasteiger partial charge in [-0.3, -0.25) is 0 Å². The van der Waals surface area contributed by atoms with Gasteiger partial charge in [-0.15, -0.1) is 4.52 Å². The normalized spacial score (nSPS) is 10.9. The molecule has 0 aromatic heterocycles. The van der Waals surface area contributed by atoms with Crippen LogP contribution < -0.4 is 29.6 Å². The second kappa shape index (κ2) is 10.5. The molecule has 0 aliphatic carbocycles. The van der Waals surface area contributed by atoms with Crippen LogP contribution in [0.4, 0.5) is 0 Å². The van der Waals surface area contributed by atoms with Crippen LogP contribution in [0.15, 0.2) is 5.16 Å². The summed E-state index contributed by atoms with van der Waals surface area (Å²) in [5.74, 6) is 0. The molecule has 0 fully saturated rings. The first-order valence-corrected chi connectivity index (χ1v) is 4.30. The fourth-order valence-electron chi connectivity index (χ4n) is 0.302. The summed E-state index contributed by atoms with van der Waals surface area (Å²) in [7, 11) is -0.178. The molecule has 0 rings (SSSR count). The minimum Gasteiger partial charge on any atom is -1.00 e. The zero-order valence-electron chi connectivity index (χ0n) is 8.11. The Bertz CT molecular complexity index is 136. The van der Waals surface area contributed by atoms with Crippen LogP contribution in [0.5, 0.6) is 0 Å². The largest absolute Gasteiger partial charge is 1.00 e. The van der Waals surface area contributed by atoms with Crippen LogP contribution in [-0.4, -0.2) is 26.1 Å². The summed E-state index contributed by atoms with van der Waals surface area (Å²) in [6, 6.07) is 0. The van der Waals surface area contributed by atoms with Crippen molar-refractivity contribution in [3.8, 4) is 0 Å². The van der Waals surface area contributed by atoms with Gasteiger partial charge in [0.25, 0.3) is 0 Å². The standard InChI is InChI=1S/C5H11NO3P.Na.H/c1-3-9-6-4-5-10(7)8-2;;/h4H,3,5H2,1-2H3;;/q2*+1;-1. The van der Waals surface area contributed by atoms with Gasteiger partial charge < -0.3 is 6.26 Å². The molecule has 0 aliphatic rings. The van der Waals surface area contributed by atoms with Gasteiger partial charge in [0.1, 0.15) is 6.61 Å². The molecule has 0 radical (unpaired) electrons. The Labute approximate surface area is 91.0 Å². The van der Waals surface area contributed by atoms with Gasteiger partial charge in [0.15, 0.2) is 0 Å².